The number of likely N-dealkylation sites (N-methyl/N-ethyl adjacent to an activating group) is 1. The number of hydrogen-bond acceptors (Lipinski definition) is 2. The molecule has 2 aromatic carbocycles. The Morgan fingerprint density at radius 1 is 1.13 bits per heavy atom. The molecule has 3 unspecified atom stereocenters. The topological polar surface area (TPSA) is 32.3 Å². The van der Waals surface area contributed by atoms with Gasteiger partial charge in [0.25, 0.3) is 5.91 Å². The van der Waals surface area contributed by atoms with Gasteiger partial charge in [-0.1, -0.05) is 37.3 Å². The van der Waals surface area contributed by atoms with E-state index in [1.165, 1.54) is 6.07 Å². The normalized spacial score (nSPS) is 26.6. The number of carbonyl (C=O) groups is 1. The van der Waals surface area contributed by atoms with Gasteiger partial charge in [-0.2, -0.15) is 13.2 Å². The van der Waals surface area contributed by atoms with Crippen LogP contribution in [0.2, 0.25) is 0 Å². The number of nitrogens with zero attached hydrogens (tertiary/aromatic N) is 1. The number of hydrogen-bond donors (Lipinski definition) is 1. The van der Waals surface area contributed by atoms with Crippen molar-refractivity contribution < 1.29 is 18.0 Å². The second-order valence-corrected chi connectivity index (χ2v) is 8.47. The van der Waals surface area contributed by atoms with Crippen molar-refractivity contribution in [1.29, 1.82) is 0 Å². The molecule has 0 saturated carbocycles. The van der Waals surface area contributed by atoms with Gasteiger partial charge in [0, 0.05) is 17.6 Å². The lowest BCUT2D eigenvalue weighted by Crippen LogP contribution is -2.61. The summed E-state index contributed by atoms with van der Waals surface area (Å²) in [5.41, 5.74) is 0.529. The summed E-state index contributed by atoms with van der Waals surface area (Å²) in [4.78, 5) is 15.8. The van der Waals surface area contributed by atoms with Crippen molar-refractivity contribution in [3.8, 4) is 0 Å². The van der Waals surface area contributed by atoms with E-state index in [0.29, 0.717) is 23.6 Å². The van der Waals surface area contributed by atoms with Crippen LogP contribution >= 0.6 is 0 Å². The van der Waals surface area contributed by atoms with Crippen LogP contribution in [0, 0.1) is 0 Å². The Hall–Kier alpha value is -2.34. The molecule has 30 heavy (non-hydrogen) atoms. The zero-order valence-electron chi connectivity index (χ0n) is 17.3. The zero-order chi connectivity index (χ0) is 21.5. The molecule has 2 aliphatic heterocycles. The molecule has 160 valence electrons. The van der Waals surface area contributed by atoms with Crippen molar-refractivity contribution in [2.75, 3.05) is 7.05 Å². The summed E-state index contributed by atoms with van der Waals surface area (Å²) in [7, 11) is 2.11. The quantitative estimate of drug-likeness (QED) is 0.748. The van der Waals surface area contributed by atoms with Crippen LogP contribution < -0.4 is 5.32 Å². The fourth-order valence-corrected chi connectivity index (χ4v) is 5.36. The minimum atomic E-state index is -4.42. The van der Waals surface area contributed by atoms with Crippen LogP contribution in [0.1, 0.15) is 59.7 Å². The number of carbonyl (C=O) groups excluding carboxylic acids is 1. The summed E-state index contributed by atoms with van der Waals surface area (Å²) in [5, 5.41) is 3.29. The Bertz CT molecular complexity index is 928. The maximum Gasteiger partial charge on any atom is 0.416 e. The van der Waals surface area contributed by atoms with Gasteiger partial charge >= 0.3 is 6.18 Å². The number of halogens is 3. The third-order valence-electron chi connectivity index (χ3n) is 6.97. The molecule has 2 fully saturated rings. The third kappa shape index (κ3) is 3.51. The number of benzene rings is 2. The summed E-state index contributed by atoms with van der Waals surface area (Å²) in [6, 6.07) is 14.1. The predicted molar refractivity (Wildman–Crippen MR) is 110 cm³/mol. The third-order valence-corrected chi connectivity index (χ3v) is 6.97. The molecule has 2 saturated heterocycles. The standard InChI is InChI=1S/C24H27F3N2O/c1-3-16-15-18(24(25,26)27)9-11-20(16)22(30)28-23(17-7-5-4-6-8-17)14-13-19-10-12-21(23)29(19)2/h4-9,11,15,19,21H,3,10,12-14H2,1-2H3,(H,28,30). The van der Waals surface area contributed by atoms with Crippen LogP contribution in [0.3, 0.4) is 0 Å². The molecule has 1 N–H and O–H groups in total. The molecular formula is C24H27F3N2O. The monoisotopic (exact) mass is 416 g/mol. The van der Waals surface area contributed by atoms with Gasteiger partial charge in [-0.25, -0.2) is 0 Å². The van der Waals surface area contributed by atoms with E-state index in [9.17, 15) is 18.0 Å². The fraction of sp³-hybridized carbons (Fsp3) is 0.458. The largest absolute Gasteiger partial charge is 0.416 e. The minimum absolute atomic E-state index is 0.169. The van der Waals surface area contributed by atoms with E-state index in [1.54, 1.807) is 6.92 Å². The smallest absolute Gasteiger partial charge is 0.341 e. The van der Waals surface area contributed by atoms with Gasteiger partial charge in [0.05, 0.1) is 11.1 Å². The highest BCUT2D eigenvalue weighted by molar-refractivity contribution is 5.96. The molecule has 0 radical (unpaired) electrons. The number of alkyl halides is 3. The molecule has 1 amide bonds. The molecule has 0 spiro atoms. The molecule has 3 nitrogen and oxygen atoms in total. The first-order chi connectivity index (χ1) is 14.3. The SMILES string of the molecule is CCc1cc(C(F)(F)F)ccc1C(=O)NC1(c2ccccc2)CCC2CCC1N2C. The Morgan fingerprint density at radius 3 is 2.53 bits per heavy atom. The van der Waals surface area contributed by atoms with Crippen molar-refractivity contribution in [2.24, 2.45) is 0 Å². The summed E-state index contributed by atoms with van der Waals surface area (Å²) >= 11 is 0. The van der Waals surface area contributed by atoms with E-state index in [1.807, 2.05) is 30.3 Å². The lowest BCUT2D eigenvalue weighted by atomic mass is 9.76. The molecule has 2 heterocycles. The zero-order valence-corrected chi connectivity index (χ0v) is 17.3. The summed E-state index contributed by atoms with van der Waals surface area (Å²) in [5.74, 6) is -0.303. The molecule has 2 aliphatic rings. The van der Waals surface area contributed by atoms with Crippen LogP contribution in [-0.4, -0.2) is 29.9 Å². The highest BCUT2D eigenvalue weighted by Gasteiger charge is 2.52. The number of rotatable bonds is 4. The van der Waals surface area contributed by atoms with Gasteiger partial charge in [0.2, 0.25) is 0 Å². The van der Waals surface area contributed by atoms with Gasteiger partial charge < -0.3 is 5.32 Å². The molecule has 4 rings (SSSR count). The highest BCUT2D eigenvalue weighted by Crippen LogP contribution is 2.46. The van der Waals surface area contributed by atoms with E-state index in [0.717, 1.165) is 43.4 Å². The summed E-state index contributed by atoms with van der Waals surface area (Å²) < 4.78 is 39.4. The second-order valence-electron chi connectivity index (χ2n) is 8.47. The first-order valence-electron chi connectivity index (χ1n) is 10.6. The van der Waals surface area contributed by atoms with Gasteiger partial charge in [0.15, 0.2) is 0 Å². The number of aryl methyl sites for hydroxylation is 1. The number of fused-ring (bicyclic) bond motifs is 2. The number of amides is 1. The highest BCUT2D eigenvalue weighted by atomic mass is 19.4. The van der Waals surface area contributed by atoms with Gasteiger partial charge in [-0.05, 0) is 68.5 Å². The second kappa shape index (κ2) is 7.73. The molecule has 2 aromatic rings. The van der Waals surface area contributed by atoms with Crippen molar-refractivity contribution >= 4 is 5.91 Å². The van der Waals surface area contributed by atoms with E-state index < -0.39 is 17.3 Å². The average Bonchev–Trinajstić information content (AvgIpc) is 2.99. The molecular weight excluding hydrogens is 389 g/mol. The van der Waals surface area contributed by atoms with Crippen LogP contribution in [0.5, 0.6) is 0 Å². The van der Waals surface area contributed by atoms with Gasteiger partial charge in [-0.15, -0.1) is 0 Å². The van der Waals surface area contributed by atoms with Crippen LogP contribution in [0.25, 0.3) is 0 Å². The molecule has 0 aliphatic carbocycles. The van der Waals surface area contributed by atoms with Crippen molar-refractivity contribution in [1.82, 2.24) is 10.2 Å². The minimum Gasteiger partial charge on any atom is -0.341 e. The van der Waals surface area contributed by atoms with E-state index in [2.05, 4.69) is 17.3 Å². The average molecular weight is 416 g/mol. The van der Waals surface area contributed by atoms with Crippen LogP contribution in [-0.2, 0) is 18.1 Å². The summed E-state index contributed by atoms with van der Waals surface area (Å²) in [6.07, 6.45) is -0.165. The van der Waals surface area contributed by atoms with E-state index in [4.69, 9.17) is 0 Å². The maximum atomic E-state index is 13.4. The lowest BCUT2D eigenvalue weighted by Gasteiger charge is -2.48. The maximum absolute atomic E-state index is 13.4. The Balaban J connectivity index is 1.72. The van der Waals surface area contributed by atoms with E-state index in [-0.39, 0.29) is 11.9 Å². The number of nitrogens with one attached hydrogen (secondary N) is 1. The first-order valence-corrected chi connectivity index (χ1v) is 10.6. The lowest BCUT2D eigenvalue weighted by molar-refractivity contribution is -0.137. The first kappa shape index (κ1) is 20.9. The molecule has 3 atom stereocenters. The van der Waals surface area contributed by atoms with Crippen molar-refractivity contribution in [3.63, 3.8) is 0 Å². The van der Waals surface area contributed by atoms with Crippen LogP contribution in [0.15, 0.2) is 48.5 Å². The molecule has 0 aromatic heterocycles. The van der Waals surface area contributed by atoms with E-state index >= 15 is 0 Å². The Labute approximate surface area is 175 Å². The van der Waals surface area contributed by atoms with Crippen LogP contribution in [0.4, 0.5) is 13.2 Å². The number of piperidine rings is 1. The van der Waals surface area contributed by atoms with Gasteiger partial charge in [0.1, 0.15) is 0 Å². The molecule has 2 bridgehead atoms. The summed E-state index contributed by atoms with van der Waals surface area (Å²) in [6.45, 7) is 1.77. The molecule has 6 heteroatoms. The van der Waals surface area contributed by atoms with Crippen molar-refractivity contribution in [3.05, 3.63) is 70.8 Å². The van der Waals surface area contributed by atoms with Gasteiger partial charge in [-0.3, -0.25) is 9.69 Å². The Morgan fingerprint density at radius 2 is 1.87 bits per heavy atom. The fourth-order valence-electron chi connectivity index (χ4n) is 5.36. The van der Waals surface area contributed by atoms with Crippen molar-refractivity contribution in [2.45, 2.75) is 62.8 Å². The predicted octanol–water partition coefficient (Wildman–Crippen LogP) is 5.15. The Kier molecular flexibility index (Phi) is 5.39.